The number of rotatable bonds is 2. The van der Waals surface area contributed by atoms with Crippen molar-refractivity contribution >= 4 is 11.7 Å². The highest BCUT2D eigenvalue weighted by Gasteiger charge is 2.25. The molecule has 6 heteroatoms. The third kappa shape index (κ3) is 3.97. The lowest BCUT2D eigenvalue weighted by Crippen LogP contribution is -2.42. The molecule has 2 amide bonds. The molecule has 1 unspecified atom stereocenters. The van der Waals surface area contributed by atoms with Gasteiger partial charge in [0.1, 0.15) is 0 Å². The Hall–Kier alpha value is -1.56. The molecule has 1 atom stereocenters. The molecular formula is C15H26N4O2. The molecule has 1 aromatic rings. The number of aromatic nitrogens is 2. The number of aliphatic hydroxyl groups is 1. The van der Waals surface area contributed by atoms with E-state index in [9.17, 15) is 9.90 Å². The van der Waals surface area contributed by atoms with E-state index in [-0.39, 0.29) is 17.7 Å². The first kappa shape index (κ1) is 15.8. The molecule has 0 bridgehead atoms. The molecule has 0 radical (unpaired) electrons. The normalized spacial score (nSPS) is 18.6. The third-order valence-electron chi connectivity index (χ3n) is 4.03. The van der Waals surface area contributed by atoms with Gasteiger partial charge in [-0.2, -0.15) is 5.10 Å². The molecule has 1 saturated heterocycles. The molecule has 2 N–H and O–H groups in total. The Kier molecular flexibility index (Phi) is 4.56. The van der Waals surface area contributed by atoms with Gasteiger partial charge in [0.15, 0.2) is 0 Å². The van der Waals surface area contributed by atoms with Gasteiger partial charge in [-0.3, -0.25) is 4.68 Å². The molecule has 21 heavy (non-hydrogen) atoms. The average Bonchev–Trinajstić information content (AvgIpc) is 2.87. The molecule has 1 aliphatic rings. The maximum absolute atomic E-state index is 12.2. The minimum Gasteiger partial charge on any atom is -0.393 e. The minimum atomic E-state index is -0.291. The largest absolute Gasteiger partial charge is 0.393 e. The number of hydrogen-bond donors (Lipinski definition) is 2. The fourth-order valence-electron chi connectivity index (χ4n) is 2.54. The molecule has 1 fully saturated rings. The zero-order chi connectivity index (χ0) is 15.6. The number of hydrogen-bond acceptors (Lipinski definition) is 3. The van der Waals surface area contributed by atoms with Crippen LogP contribution < -0.4 is 5.32 Å². The van der Waals surface area contributed by atoms with Crippen LogP contribution >= 0.6 is 0 Å². The zero-order valence-corrected chi connectivity index (χ0v) is 13.3. The topological polar surface area (TPSA) is 70.4 Å². The predicted molar refractivity (Wildman–Crippen MR) is 82.2 cm³/mol. The second kappa shape index (κ2) is 6.05. The first-order valence-electron chi connectivity index (χ1n) is 7.56. The SMILES string of the molecule is CC(O)C1CCN(C(=O)Nc2cnn(C(C)(C)C)c2)CC1. The summed E-state index contributed by atoms with van der Waals surface area (Å²) in [5.41, 5.74) is 0.617. The minimum absolute atomic E-state index is 0.0903. The molecule has 2 rings (SSSR count). The summed E-state index contributed by atoms with van der Waals surface area (Å²) in [7, 11) is 0. The number of nitrogens with one attached hydrogen (secondary N) is 1. The molecule has 6 nitrogen and oxygen atoms in total. The highest BCUT2D eigenvalue weighted by Crippen LogP contribution is 2.21. The molecule has 1 aromatic heterocycles. The standard InChI is InChI=1S/C15H26N4O2/c1-11(20)12-5-7-18(8-6-12)14(21)17-13-9-16-19(10-13)15(2,3)4/h9-12,20H,5-8H2,1-4H3,(H,17,21). The van der Waals surface area contributed by atoms with E-state index < -0.39 is 0 Å². The lowest BCUT2D eigenvalue weighted by atomic mass is 9.92. The highest BCUT2D eigenvalue weighted by atomic mass is 16.3. The van der Waals surface area contributed by atoms with Gasteiger partial charge < -0.3 is 15.3 Å². The summed E-state index contributed by atoms with van der Waals surface area (Å²) >= 11 is 0. The monoisotopic (exact) mass is 294 g/mol. The van der Waals surface area contributed by atoms with Crippen molar-refractivity contribution in [2.75, 3.05) is 18.4 Å². The summed E-state index contributed by atoms with van der Waals surface area (Å²) in [6, 6.07) is -0.0903. The second-order valence-corrected chi connectivity index (χ2v) is 6.84. The van der Waals surface area contributed by atoms with Crippen LogP contribution in [0.4, 0.5) is 10.5 Å². The second-order valence-electron chi connectivity index (χ2n) is 6.84. The van der Waals surface area contributed by atoms with Gasteiger partial charge in [0.25, 0.3) is 0 Å². The van der Waals surface area contributed by atoms with Gasteiger partial charge in [0.2, 0.25) is 0 Å². The van der Waals surface area contributed by atoms with Crippen molar-refractivity contribution in [2.45, 2.75) is 52.2 Å². The van der Waals surface area contributed by atoms with Gasteiger partial charge >= 0.3 is 6.03 Å². The van der Waals surface area contributed by atoms with Gasteiger partial charge in [-0.25, -0.2) is 4.79 Å². The quantitative estimate of drug-likeness (QED) is 0.879. The smallest absolute Gasteiger partial charge is 0.321 e. The van der Waals surface area contributed by atoms with Crippen LogP contribution in [0, 0.1) is 5.92 Å². The van der Waals surface area contributed by atoms with Crippen molar-refractivity contribution in [3.05, 3.63) is 12.4 Å². The number of urea groups is 1. The summed E-state index contributed by atoms with van der Waals surface area (Å²) in [4.78, 5) is 14.0. The van der Waals surface area contributed by atoms with Crippen molar-refractivity contribution in [1.82, 2.24) is 14.7 Å². The van der Waals surface area contributed by atoms with E-state index in [0.717, 1.165) is 12.8 Å². The number of carbonyl (C=O) groups is 1. The fourth-order valence-corrected chi connectivity index (χ4v) is 2.54. The number of aliphatic hydroxyl groups excluding tert-OH is 1. The van der Waals surface area contributed by atoms with Gasteiger partial charge in [0.05, 0.1) is 23.5 Å². The number of piperidine rings is 1. The van der Waals surface area contributed by atoms with E-state index in [2.05, 4.69) is 31.2 Å². The van der Waals surface area contributed by atoms with Crippen molar-refractivity contribution in [3.63, 3.8) is 0 Å². The van der Waals surface area contributed by atoms with Crippen molar-refractivity contribution in [2.24, 2.45) is 5.92 Å². The molecule has 0 spiro atoms. The number of anilines is 1. The summed E-state index contributed by atoms with van der Waals surface area (Å²) < 4.78 is 1.84. The Morgan fingerprint density at radius 2 is 2.05 bits per heavy atom. The summed E-state index contributed by atoms with van der Waals surface area (Å²) in [5, 5.41) is 16.7. The predicted octanol–water partition coefficient (Wildman–Crippen LogP) is 2.26. The van der Waals surface area contributed by atoms with E-state index in [1.165, 1.54) is 0 Å². The van der Waals surface area contributed by atoms with Crippen molar-refractivity contribution in [1.29, 1.82) is 0 Å². The Balaban J connectivity index is 1.89. The maximum Gasteiger partial charge on any atom is 0.321 e. The zero-order valence-electron chi connectivity index (χ0n) is 13.3. The molecule has 1 aliphatic heterocycles. The molecule has 0 aromatic carbocycles. The van der Waals surface area contributed by atoms with E-state index in [1.807, 2.05) is 17.8 Å². The molecule has 2 heterocycles. The summed E-state index contributed by atoms with van der Waals surface area (Å²) in [6.07, 6.45) is 4.94. The Bertz CT molecular complexity index is 482. The number of likely N-dealkylation sites (tertiary alicyclic amines) is 1. The van der Waals surface area contributed by atoms with E-state index >= 15 is 0 Å². The van der Waals surface area contributed by atoms with Crippen LogP contribution in [-0.4, -0.2) is 45.0 Å². The van der Waals surface area contributed by atoms with Crippen LogP contribution in [0.5, 0.6) is 0 Å². The third-order valence-corrected chi connectivity index (χ3v) is 4.03. The van der Waals surface area contributed by atoms with Crippen LogP contribution in [0.2, 0.25) is 0 Å². The van der Waals surface area contributed by atoms with E-state index in [4.69, 9.17) is 0 Å². The molecule has 0 saturated carbocycles. The van der Waals surface area contributed by atoms with Crippen LogP contribution in [-0.2, 0) is 5.54 Å². The molecule has 118 valence electrons. The lowest BCUT2D eigenvalue weighted by molar-refractivity contribution is 0.0820. The summed E-state index contributed by atoms with van der Waals surface area (Å²) in [5.74, 6) is 0.303. The number of nitrogens with zero attached hydrogens (tertiary/aromatic N) is 3. The van der Waals surface area contributed by atoms with Gasteiger partial charge in [-0.15, -0.1) is 0 Å². The average molecular weight is 294 g/mol. The molecular weight excluding hydrogens is 268 g/mol. The van der Waals surface area contributed by atoms with E-state index in [1.54, 1.807) is 11.1 Å². The number of amides is 2. The highest BCUT2D eigenvalue weighted by molar-refractivity contribution is 5.89. The van der Waals surface area contributed by atoms with Gasteiger partial charge in [-0.05, 0) is 46.5 Å². The van der Waals surface area contributed by atoms with Crippen LogP contribution in [0.3, 0.4) is 0 Å². The first-order valence-corrected chi connectivity index (χ1v) is 7.56. The van der Waals surface area contributed by atoms with Crippen LogP contribution in [0.25, 0.3) is 0 Å². The fraction of sp³-hybridized carbons (Fsp3) is 0.733. The Morgan fingerprint density at radius 3 is 2.52 bits per heavy atom. The number of carbonyl (C=O) groups excluding carboxylic acids is 1. The maximum atomic E-state index is 12.2. The summed E-state index contributed by atoms with van der Waals surface area (Å²) in [6.45, 7) is 9.39. The first-order chi connectivity index (χ1) is 9.77. The Labute approximate surface area is 126 Å². The van der Waals surface area contributed by atoms with Gasteiger partial charge in [-0.1, -0.05) is 0 Å². The van der Waals surface area contributed by atoms with Crippen molar-refractivity contribution < 1.29 is 9.90 Å². The van der Waals surface area contributed by atoms with Crippen LogP contribution in [0.1, 0.15) is 40.5 Å². The van der Waals surface area contributed by atoms with Crippen LogP contribution in [0.15, 0.2) is 12.4 Å². The lowest BCUT2D eigenvalue weighted by Gasteiger charge is -2.33. The van der Waals surface area contributed by atoms with E-state index in [0.29, 0.717) is 24.7 Å². The van der Waals surface area contributed by atoms with Gasteiger partial charge in [0, 0.05) is 19.3 Å². The molecule has 0 aliphatic carbocycles. The van der Waals surface area contributed by atoms with Crippen molar-refractivity contribution in [3.8, 4) is 0 Å². The Morgan fingerprint density at radius 1 is 1.43 bits per heavy atom.